The molecule has 0 aliphatic rings. The molecule has 2 unspecified atom stereocenters. The number of amides is 1. The van der Waals surface area contributed by atoms with Gasteiger partial charge in [0.15, 0.2) is 6.04 Å². The number of carbonyl (C=O) groups is 2. The van der Waals surface area contributed by atoms with Gasteiger partial charge in [0.05, 0.1) is 11.8 Å². The van der Waals surface area contributed by atoms with Crippen molar-refractivity contribution >= 4 is 21.7 Å². The van der Waals surface area contributed by atoms with Crippen molar-refractivity contribution in [3.63, 3.8) is 0 Å². The van der Waals surface area contributed by atoms with Crippen molar-refractivity contribution < 1.29 is 23.1 Å². The van der Waals surface area contributed by atoms with Gasteiger partial charge in [-0.25, -0.2) is 13.2 Å². The molecule has 0 spiro atoms. The minimum absolute atomic E-state index is 0.0637. The molecule has 0 aliphatic carbocycles. The number of carbonyl (C=O) groups excluding carboxylic acids is 1. The van der Waals surface area contributed by atoms with Gasteiger partial charge in [-0.3, -0.25) is 4.79 Å². The third-order valence-corrected chi connectivity index (χ3v) is 3.78. The van der Waals surface area contributed by atoms with Crippen LogP contribution in [-0.4, -0.2) is 43.5 Å². The molecule has 0 radical (unpaired) electrons. The number of nitrogens with one attached hydrogen (secondary N) is 1. The highest BCUT2D eigenvalue weighted by Crippen LogP contribution is 2.13. The van der Waals surface area contributed by atoms with E-state index in [-0.39, 0.29) is 12.2 Å². The van der Waals surface area contributed by atoms with Crippen molar-refractivity contribution in [3.05, 3.63) is 35.9 Å². The predicted molar refractivity (Wildman–Crippen MR) is 77.3 cm³/mol. The summed E-state index contributed by atoms with van der Waals surface area (Å²) in [5, 5.41) is 11.5. The largest absolute Gasteiger partial charge is 0.479 e. The first-order valence-corrected chi connectivity index (χ1v) is 8.28. The smallest absolute Gasteiger partial charge is 0.330 e. The summed E-state index contributed by atoms with van der Waals surface area (Å²) in [6.07, 6.45) is 0.980. The number of nitrogens with two attached hydrogens (primary N) is 1. The van der Waals surface area contributed by atoms with Crippen LogP contribution in [0.1, 0.15) is 18.0 Å². The molecule has 4 N–H and O–H groups in total. The molecular formula is C13H18N2O5S. The molecule has 1 aromatic carbocycles. The maximum absolute atomic E-state index is 11.9. The van der Waals surface area contributed by atoms with Gasteiger partial charge in [-0.2, -0.15) is 0 Å². The van der Waals surface area contributed by atoms with Crippen LogP contribution >= 0.6 is 0 Å². The van der Waals surface area contributed by atoms with Gasteiger partial charge in [0.2, 0.25) is 5.91 Å². The van der Waals surface area contributed by atoms with Gasteiger partial charge in [-0.1, -0.05) is 30.3 Å². The number of sulfone groups is 1. The Morgan fingerprint density at radius 1 is 1.29 bits per heavy atom. The predicted octanol–water partition coefficient (Wildman–Crippen LogP) is -0.309. The molecule has 1 amide bonds. The summed E-state index contributed by atoms with van der Waals surface area (Å²) in [7, 11) is -3.23. The Hall–Kier alpha value is -1.93. The van der Waals surface area contributed by atoms with E-state index in [2.05, 4.69) is 5.32 Å². The topological polar surface area (TPSA) is 127 Å². The van der Waals surface area contributed by atoms with E-state index in [9.17, 15) is 18.0 Å². The van der Waals surface area contributed by atoms with Crippen LogP contribution in [0.5, 0.6) is 0 Å². The number of carboxylic acids is 1. The van der Waals surface area contributed by atoms with Crippen LogP contribution in [-0.2, 0) is 19.4 Å². The Morgan fingerprint density at radius 3 is 2.33 bits per heavy atom. The molecule has 0 bridgehead atoms. The maximum Gasteiger partial charge on any atom is 0.330 e. The van der Waals surface area contributed by atoms with Crippen LogP contribution in [0, 0.1) is 0 Å². The summed E-state index contributed by atoms with van der Waals surface area (Å²) in [5.74, 6) is -2.15. The lowest BCUT2D eigenvalue weighted by Gasteiger charge is -2.18. The highest BCUT2D eigenvalue weighted by Gasteiger charge is 2.25. The Labute approximate surface area is 123 Å². The summed E-state index contributed by atoms with van der Waals surface area (Å²) in [6, 6.07) is 5.88. The molecule has 0 heterocycles. The summed E-state index contributed by atoms with van der Waals surface area (Å²) in [5.41, 5.74) is 5.99. The highest BCUT2D eigenvalue weighted by atomic mass is 32.2. The first kappa shape index (κ1) is 17.1. The third-order valence-electron chi connectivity index (χ3n) is 2.80. The molecule has 0 fully saturated rings. The van der Waals surface area contributed by atoms with Crippen molar-refractivity contribution in [2.75, 3.05) is 12.0 Å². The van der Waals surface area contributed by atoms with E-state index in [0.717, 1.165) is 6.26 Å². The molecule has 1 aromatic rings. The number of hydrogen-bond acceptors (Lipinski definition) is 5. The average molecular weight is 314 g/mol. The maximum atomic E-state index is 11.9. The molecule has 0 aliphatic heterocycles. The second-order valence-corrected chi connectivity index (χ2v) is 6.98. The second kappa shape index (κ2) is 7.19. The highest BCUT2D eigenvalue weighted by molar-refractivity contribution is 7.90. The van der Waals surface area contributed by atoms with E-state index in [1.54, 1.807) is 30.3 Å². The lowest BCUT2D eigenvalue weighted by atomic mass is 10.1. The number of rotatable bonds is 7. The fourth-order valence-electron chi connectivity index (χ4n) is 1.65. The van der Waals surface area contributed by atoms with Crippen molar-refractivity contribution in [2.24, 2.45) is 5.73 Å². The summed E-state index contributed by atoms with van der Waals surface area (Å²) in [4.78, 5) is 23.1. The van der Waals surface area contributed by atoms with Gasteiger partial charge < -0.3 is 16.2 Å². The molecule has 0 saturated heterocycles. The van der Waals surface area contributed by atoms with Gasteiger partial charge in [0.1, 0.15) is 9.84 Å². The van der Waals surface area contributed by atoms with Gasteiger partial charge in [-0.05, 0) is 12.0 Å². The van der Waals surface area contributed by atoms with E-state index in [1.165, 1.54) is 0 Å². The average Bonchev–Trinajstić information content (AvgIpc) is 2.41. The number of aliphatic carboxylic acids is 1. The lowest BCUT2D eigenvalue weighted by molar-refractivity contribution is -0.142. The van der Waals surface area contributed by atoms with E-state index in [0.29, 0.717) is 5.56 Å². The zero-order valence-corrected chi connectivity index (χ0v) is 12.3. The van der Waals surface area contributed by atoms with Crippen LogP contribution in [0.3, 0.4) is 0 Å². The monoisotopic (exact) mass is 314 g/mol. The van der Waals surface area contributed by atoms with Crippen LogP contribution in [0.15, 0.2) is 30.3 Å². The van der Waals surface area contributed by atoms with E-state index in [4.69, 9.17) is 10.8 Å². The molecule has 7 nitrogen and oxygen atoms in total. The fraction of sp³-hybridized carbons (Fsp3) is 0.385. The van der Waals surface area contributed by atoms with Crippen molar-refractivity contribution in [3.8, 4) is 0 Å². The molecule has 2 atom stereocenters. The summed E-state index contributed by atoms with van der Waals surface area (Å²) >= 11 is 0. The molecule has 0 saturated carbocycles. The minimum atomic E-state index is -3.23. The summed E-state index contributed by atoms with van der Waals surface area (Å²) in [6.45, 7) is 0. The second-order valence-electron chi connectivity index (χ2n) is 4.72. The Kier molecular flexibility index (Phi) is 5.86. The Morgan fingerprint density at radius 2 is 1.86 bits per heavy atom. The normalized spacial score (nSPS) is 14.2. The van der Waals surface area contributed by atoms with Crippen LogP contribution < -0.4 is 11.1 Å². The van der Waals surface area contributed by atoms with Crippen LogP contribution in [0.2, 0.25) is 0 Å². The van der Waals surface area contributed by atoms with Gasteiger partial charge in [-0.15, -0.1) is 0 Å². The van der Waals surface area contributed by atoms with E-state index >= 15 is 0 Å². The standard InChI is InChI=1S/C13H18N2O5S/c1-21(19,20)8-7-10(14)12(16)15-11(13(17)18)9-5-3-2-4-6-9/h2-6,10-11H,7-8,14H2,1H3,(H,15,16)(H,17,18). The van der Waals surface area contributed by atoms with Crippen LogP contribution in [0.25, 0.3) is 0 Å². The minimum Gasteiger partial charge on any atom is -0.479 e. The molecule has 0 aromatic heterocycles. The molecule has 1 rings (SSSR count). The van der Waals surface area contributed by atoms with Crippen molar-refractivity contribution in [1.29, 1.82) is 0 Å². The number of hydrogen-bond donors (Lipinski definition) is 3. The van der Waals surface area contributed by atoms with Crippen LogP contribution in [0.4, 0.5) is 0 Å². The Bertz CT molecular complexity index is 600. The summed E-state index contributed by atoms with van der Waals surface area (Å²) < 4.78 is 22.1. The molecule has 116 valence electrons. The third kappa shape index (κ3) is 5.92. The SMILES string of the molecule is CS(=O)(=O)CCC(N)C(=O)NC(C(=O)O)c1ccccc1. The van der Waals surface area contributed by atoms with Gasteiger partial charge in [0, 0.05) is 6.26 Å². The first-order valence-electron chi connectivity index (χ1n) is 6.22. The zero-order valence-electron chi connectivity index (χ0n) is 11.5. The molecular weight excluding hydrogens is 296 g/mol. The fourth-order valence-corrected chi connectivity index (χ4v) is 2.34. The Balaban J connectivity index is 2.72. The lowest BCUT2D eigenvalue weighted by Crippen LogP contribution is -2.45. The van der Waals surface area contributed by atoms with Gasteiger partial charge in [0.25, 0.3) is 0 Å². The van der Waals surface area contributed by atoms with Crippen molar-refractivity contribution in [2.45, 2.75) is 18.5 Å². The molecule has 8 heteroatoms. The zero-order chi connectivity index (χ0) is 16.0. The molecule has 21 heavy (non-hydrogen) atoms. The van der Waals surface area contributed by atoms with E-state index < -0.39 is 33.8 Å². The first-order chi connectivity index (χ1) is 9.70. The van der Waals surface area contributed by atoms with E-state index in [1.807, 2.05) is 0 Å². The van der Waals surface area contributed by atoms with Crippen molar-refractivity contribution in [1.82, 2.24) is 5.32 Å². The number of benzene rings is 1. The van der Waals surface area contributed by atoms with Gasteiger partial charge >= 0.3 is 5.97 Å². The number of carboxylic acid groups (broad SMARTS) is 1. The quantitative estimate of drug-likeness (QED) is 0.633.